The van der Waals surface area contributed by atoms with Crippen LogP contribution < -0.4 is 5.73 Å². The molecule has 10 heavy (non-hydrogen) atoms. The summed E-state index contributed by atoms with van der Waals surface area (Å²) in [6, 6.07) is 0. The Balaban J connectivity index is 4.03. The molecule has 0 atom stereocenters. The highest BCUT2D eigenvalue weighted by Crippen LogP contribution is 2.07. The minimum Gasteiger partial charge on any atom is -0.330 e. The molecule has 2 N–H and O–H groups in total. The maximum atomic E-state index is 5.34. The van der Waals surface area contributed by atoms with Crippen LogP contribution in [-0.4, -0.2) is 6.54 Å². The van der Waals surface area contributed by atoms with Crippen LogP contribution in [0.2, 0.25) is 0 Å². The molecule has 0 heterocycles. The van der Waals surface area contributed by atoms with E-state index in [0.717, 1.165) is 16.9 Å². The highest BCUT2D eigenvalue weighted by Gasteiger charge is 1.88. The molecule has 0 rings (SSSR count). The fourth-order valence-corrected chi connectivity index (χ4v) is 0.780. The van der Waals surface area contributed by atoms with Crippen molar-refractivity contribution in [1.82, 2.24) is 0 Å². The van der Waals surface area contributed by atoms with Gasteiger partial charge >= 0.3 is 0 Å². The first kappa shape index (κ1) is 9.53. The zero-order valence-corrected chi connectivity index (χ0v) is 6.90. The second kappa shape index (κ2) is 5.33. The van der Waals surface area contributed by atoms with E-state index >= 15 is 0 Å². The number of hydrogen-bond donors (Lipinski definition) is 2. The average Bonchev–Trinajstić information content (AvgIpc) is 1.86. The third-order valence-corrected chi connectivity index (χ3v) is 1.18. The Morgan fingerprint density at radius 3 is 2.50 bits per heavy atom. The van der Waals surface area contributed by atoms with Gasteiger partial charge in [-0.15, -0.1) is 12.6 Å². The molecule has 0 amide bonds. The topological polar surface area (TPSA) is 26.0 Å². The van der Waals surface area contributed by atoms with Crippen molar-refractivity contribution in [2.75, 3.05) is 6.54 Å². The molecule has 0 radical (unpaired) electrons. The van der Waals surface area contributed by atoms with E-state index in [1.165, 1.54) is 0 Å². The van der Waals surface area contributed by atoms with E-state index in [1.54, 1.807) is 6.08 Å². The zero-order valence-electron chi connectivity index (χ0n) is 6.01. The minimum atomic E-state index is 0.638. The molecule has 0 spiro atoms. The largest absolute Gasteiger partial charge is 0.330 e. The second-order valence-corrected chi connectivity index (χ2v) is 2.53. The monoisotopic (exact) mass is 155 g/mol. The maximum Gasteiger partial charge on any atom is -0.00293 e. The van der Waals surface area contributed by atoms with Crippen molar-refractivity contribution in [2.24, 2.45) is 5.73 Å². The fraction of sp³-hybridized carbons (Fsp3) is 0.250. The van der Waals surface area contributed by atoms with Gasteiger partial charge in [-0.2, -0.15) is 0 Å². The van der Waals surface area contributed by atoms with Crippen LogP contribution in [0.25, 0.3) is 0 Å². The Kier molecular flexibility index (Phi) is 5.08. The summed E-state index contributed by atoms with van der Waals surface area (Å²) >= 11 is 4.02. The molecular formula is C8H13NS. The molecule has 0 aromatic heterocycles. The Hall–Kier alpha value is -0.470. The van der Waals surface area contributed by atoms with Crippen molar-refractivity contribution >= 4 is 12.6 Å². The molecule has 0 fully saturated rings. The molecule has 1 nitrogen and oxygen atoms in total. The van der Waals surface area contributed by atoms with Crippen molar-refractivity contribution in [3.63, 3.8) is 0 Å². The van der Waals surface area contributed by atoms with E-state index < -0.39 is 0 Å². The molecule has 0 aromatic carbocycles. The first-order valence-electron chi connectivity index (χ1n) is 3.11. The number of hydrogen-bond acceptors (Lipinski definition) is 2. The zero-order chi connectivity index (χ0) is 7.98. The second-order valence-electron chi connectivity index (χ2n) is 1.95. The smallest absolute Gasteiger partial charge is 0.00293 e. The van der Waals surface area contributed by atoms with Crippen LogP contribution in [0.3, 0.4) is 0 Å². The van der Waals surface area contributed by atoms with Crippen LogP contribution in [0.4, 0.5) is 0 Å². The van der Waals surface area contributed by atoms with Gasteiger partial charge in [0.05, 0.1) is 0 Å². The number of rotatable bonds is 4. The Labute approximate surface area is 67.7 Å². The highest BCUT2D eigenvalue weighted by molar-refractivity contribution is 7.84. The van der Waals surface area contributed by atoms with E-state index in [2.05, 4.69) is 25.8 Å². The maximum absolute atomic E-state index is 5.34. The van der Waals surface area contributed by atoms with Crippen molar-refractivity contribution in [2.45, 2.75) is 6.42 Å². The summed E-state index contributed by atoms with van der Waals surface area (Å²) in [7, 11) is 0. The van der Waals surface area contributed by atoms with Crippen LogP contribution in [0.5, 0.6) is 0 Å². The SMILES string of the molecule is C=C/C(=C\C(=C)S)CCN. The quantitative estimate of drug-likeness (QED) is 0.470. The highest BCUT2D eigenvalue weighted by atomic mass is 32.1. The molecule has 0 aliphatic heterocycles. The molecule has 0 aromatic rings. The third-order valence-electron chi connectivity index (χ3n) is 1.05. The van der Waals surface area contributed by atoms with Crippen LogP contribution in [0.15, 0.2) is 35.8 Å². The molecule has 0 aliphatic rings. The van der Waals surface area contributed by atoms with Gasteiger partial charge in [0.1, 0.15) is 0 Å². The van der Waals surface area contributed by atoms with Gasteiger partial charge in [-0.3, -0.25) is 0 Å². The van der Waals surface area contributed by atoms with Crippen molar-refractivity contribution < 1.29 is 0 Å². The summed E-state index contributed by atoms with van der Waals surface area (Å²) in [5, 5.41) is 0. The van der Waals surface area contributed by atoms with E-state index in [9.17, 15) is 0 Å². The van der Waals surface area contributed by atoms with E-state index in [4.69, 9.17) is 5.73 Å². The fourth-order valence-electron chi connectivity index (χ4n) is 0.614. The predicted molar refractivity (Wildman–Crippen MR) is 50.1 cm³/mol. The molecule has 0 saturated heterocycles. The Morgan fingerprint density at radius 1 is 1.60 bits per heavy atom. The van der Waals surface area contributed by atoms with Crippen molar-refractivity contribution in [3.8, 4) is 0 Å². The number of nitrogens with two attached hydrogens (primary N) is 1. The van der Waals surface area contributed by atoms with Crippen LogP contribution in [0, 0.1) is 0 Å². The predicted octanol–water partition coefficient (Wildman–Crippen LogP) is 1.89. The van der Waals surface area contributed by atoms with Crippen molar-refractivity contribution in [1.29, 1.82) is 0 Å². The first-order valence-corrected chi connectivity index (χ1v) is 3.56. The lowest BCUT2D eigenvalue weighted by molar-refractivity contribution is 0.974. The van der Waals surface area contributed by atoms with E-state index in [1.807, 2.05) is 6.08 Å². The number of allylic oxidation sites excluding steroid dienone is 2. The van der Waals surface area contributed by atoms with Gasteiger partial charge in [0.2, 0.25) is 0 Å². The molecule has 0 unspecified atom stereocenters. The summed E-state index contributed by atoms with van der Waals surface area (Å²) in [4.78, 5) is 0.739. The van der Waals surface area contributed by atoms with Crippen LogP contribution in [-0.2, 0) is 0 Å². The summed E-state index contributed by atoms with van der Waals surface area (Å²) in [5.74, 6) is 0. The van der Waals surface area contributed by atoms with Crippen molar-refractivity contribution in [3.05, 3.63) is 35.8 Å². The minimum absolute atomic E-state index is 0.638. The lowest BCUT2D eigenvalue weighted by Gasteiger charge is -1.96. The van der Waals surface area contributed by atoms with E-state index in [0.29, 0.717) is 6.54 Å². The lowest BCUT2D eigenvalue weighted by Crippen LogP contribution is -1.98. The molecule has 2 heteroatoms. The Morgan fingerprint density at radius 2 is 2.20 bits per heavy atom. The average molecular weight is 155 g/mol. The third kappa shape index (κ3) is 4.41. The standard InChI is InChI=1S/C8H13NS/c1-3-8(4-5-9)6-7(2)10/h3,6,10H,1-2,4-5,9H2/b8-6+. The van der Waals surface area contributed by atoms with Gasteiger partial charge in [-0.05, 0) is 29.5 Å². The molecule has 56 valence electrons. The summed E-state index contributed by atoms with van der Waals surface area (Å²) in [6.45, 7) is 7.90. The van der Waals surface area contributed by atoms with E-state index in [-0.39, 0.29) is 0 Å². The van der Waals surface area contributed by atoms with Gasteiger partial charge in [-0.1, -0.05) is 19.2 Å². The van der Waals surface area contributed by atoms with Gasteiger partial charge in [0.15, 0.2) is 0 Å². The van der Waals surface area contributed by atoms with Gasteiger partial charge in [-0.25, -0.2) is 0 Å². The first-order chi connectivity index (χ1) is 4.70. The van der Waals surface area contributed by atoms with Crippen LogP contribution in [0.1, 0.15) is 6.42 Å². The number of thiol groups is 1. The van der Waals surface area contributed by atoms with Gasteiger partial charge in [0, 0.05) is 0 Å². The molecule has 0 bridgehead atoms. The molecule has 0 saturated carbocycles. The van der Waals surface area contributed by atoms with Gasteiger partial charge < -0.3 is 5.73 Å². The molecule has 0 aliphatic carbocycles. The summed E-state index contributed by atoms with van der Waals surface area (Å²) in [5.41, 5.74) is 6.42. The van der Waals surface area contributed by atoms with Crippen LogP contribution >= 0.6 is 12.6 Å². The van der Waals surface area contributed by atoms with Gasteiger partial charge in [0.25, 0.3) is 0 Å². The lowest BCUT2D eigenvalue weighted by atomic mass is 10.2. The Bertz CT molecular complexity index is 159. The summed E-state index contributed by atoms with van der Waals surface area (Å²) < 4.78 is 0. The normalized spacial score (nSPS) is 11.2. The molecular weight excluding hydrogens is 142 g/mol. The summed E-state index contributed by atoms with van der Waals surface area (Å²) in [6.07, 6.45) is 4.47.